The first kappa shape index (κ1) is 25.5. The minimum Gasteiger partial charge on any atom is -0.473 e. The molecule has 2 atom stereocenters. The topological polar surface area (TPSA) is 102 Å². The fourth-order valence-electron chi connectivity index (χ4n) is 6.35. The maximum atomic E-state index is 13.5. The van der Waals surface area contributed by atoms with Crippen LogP contribution in [-0.4, -0.2) is 69.8 Å². The van der Waals surface area contributed by atoms with Crippen LogP contribution in [0.5, 0.6) is 5.88 Å². The highest BCUT2D eigenvalue weighted by molar-refractivity contribution is 6.09. The van der Waals surface area contributed by atoms with E-state index in [2.05, 4.69) is 16.0 Å². The fraction of sp³-hybridized carbons (Fsp3) is 0.533. The van der Waals surface area contributed by atoms with Crippen molar-refractivity contribution < 1.29 is 19.2 Å². The summed E-state index contributed by atoms with van der Waals surface area (Å²) in [7, 11) is 1.84. The van der Waals surface area contributed by atoms with Crippen molar-refractivity contribution >= 4 is 28.5 Å². The molecule has 10 nitrogen and oxygen atoms in total. The first-order valence-corrected chi connectivity index (χ1v) is 14.2. The van der Waals surface area contributed by atoms with Gasteiger partial charge in [0.05, 0.1) is 23.1 Å². The molecule has 2 saturated heterocycles. The van der Waals surface area contributed by atoms with Gasteiger partial charge in [0.15, 0.2) is 0 Å². The highest BCUT2D eigenvalue weighted by atomic mass is 16.7. The number of fused-ring (bicyclic) bond motifs is 3. The first-order chi connectivity index (χ1) is 19.0. The quantitative estimate of drug-likeness (QED) is 0.506. The number of hydroxylamine groups is 2. The van der Waals surface area contributed by atoms with Crippen LogP contribution in [-0.2, 0) is 19.8 Å². The molecule has 1 aromatic carbocycles. The Morgan fingerprint density at radius 3 is 2.60 bits per heavy atom. The van der Waals surface area contributed by atoms with E-state index in [1.165, 1.54) is 0 Å². The molecule has 2 aromatic heterocycles. The van der Waals surface area contributed by atoms with Gasteiger partial charge in [0.25, 0.3) is 0 Å². The number of nitrogens with one attached hydrogen (secondary N) is 1. The lowest BCUT2D eigenvalue weighted by Gasteiger charge is -2.47. The molecule has 0 bridgehead atoms. The van der Waals surface area contributed by atoms with Crippen LogP contribution in [0.25, 0.3) is 22.3 Å². The Morgan fingerprint density at radius 2 is 1.93 bits per heavy atom. The van der Waals surface area contributed by atoms with E-state index in [1.54, 1.807) is 4.90 Å². The molecule has 3 aliphatic heterocycles. The molecule has 10 heteroatoms. The summed E-state index contributed by atoms with van der Waals surface area (Å²) in [5.41, 5.74) is 4.41. The predicted molar refractivity (Wildman–Crippen MR) is 150 cm³/mol. The molecule has 2 amide bonds. The summed E-state index contributed by atoms with van der Waals surface area (Å²) in [6.07, 6.45) is 4.39. The summed E-state index contributed by atoms with van der Waals surface area (Å²) in [6.45, 7) is 9.73. The van der Waals surface area contributed by atoms with E-state index in [0.29, 0.717) is 38.0 Å². The third-order valence-electron chi connectivity index (χ3n) is 8.61. The second-order valence-corrected chi connectivity index (χ2v) is 12.8. The second kappa shape index (κ2) is 8.75. The van der Waals surface area contributed by atoms with Crippen molar-refractivity contribution in [1.29, 1.82) is 0 Å². The number of anilines is 1. The van der Waals surface area contributed by atoms with Crippen LogP contribution >= 0.6 is 0 Å². The smallest absolute Gasteiger partial charge is 0.241 e. The van der Waals surface area contributed by atoms with E-state index in [0.717, 1.165) is 46.4 Å². The number of hydrogen-bond donors (Lipinski definition) is 1. The number of ether oxygens (including phenoxy) is 1. The number of likely N-dealkylation sites (N-methyl/N-ethyl adjacent to an activating group) is 1. The number of pyridine rings is 1. The van der Waals surface area contributed by atoms with E-state index >= 15 is 0 Å². The van der Waals surface area contributed by atoms with Crippen LogP contribution in [0.15, 0.2) is 30.6 Å². The van der Waals surface area contributed by atoms with Gasteiger partial charge in [-0.1, -0.05) is 12.1 Å². The van der Waals surface area contributed by atoms with Crippen LogP contribution in [0.1, 0.15) is 58.6 Å². The SMILES string of the molecule is C[C@@H](Oc1nc(-c2ccc3c(c2)N(C)C(=O)C32CN(OC(C)(C)C)C2)cc2ncn(C3CC3)c12)[C@H]1CNC(=O)C1. The molecule has 3 aromatic rings. The van der Waals surface area contributed by atoms with Gasteiger partial charge < -0.3 is 19.5 Å². The number of aromatic nitrogens is 3. The van der Waals surface area contributed by atoms with Crippen molar-refractivity contribution in [2.24, 2.45) is 5.92 Å². The summed E-state index contributed by atoms with van der Waals surface area (Å²) in [6, 6.07) is 8.58. The largest absolute Gasteiger partial charge is 0.473 e. The third kappa shape index (κ3) is 4.07. The zero-order valence-electron chi connectivity index (χ0n) is 23.7. The van der Waals surface area contributed by atoms with Gasteiger partial charge in [0, 0.05) is 56.3 Å². The van der Waals surface area contributed by atoms with Gasteiger partial charge in [-0.05, 0) is 58.2 Å². The van der Waals surface area contributed by atoms with Crippen LogP contribution < -0.4 is 15.0 Å². The number of carbonyl (C=O) groups excluding carboxylic acids is 2. The summed E-state index contributed by atoms with van der Waals surface area (Å²) < 4.78 is 8.67. The molecule has 5 heterocycles. The Morgan fingerprint density at radius 1 is 1.15 bits per heavy atom. The van der Waals surface area contributed by atoms with E-state index in [9.17, 15) is 9.59 Å². The number of rotatable bonds is 6. The first-order valence-electron chi connectivity index (χ1n) is 14.2. The van der Waals surface area contributed by atoms with Crippen molar-refractivity contribution in [2.45, 2.75) is 70.1 Å². The molecule has 4 aliphatic rings. The Balaban J connectivity index is 1.24. The minimum atomic E-state index is -0.579. The van der Waals surface area contributed by atoms with E-state index in [-0.39, 0.29) is 29.4 Å². The van der Waals surface area contributed by atoms with Gasteiger partial charge in [-0.25, -0.2) is 9.97 Å². The Hall–Kier alpha value is -3.50. The summed E-state index contributed by atoms with van der Waals surface area (Å²) >= 11 is 0. The summed E-state index contributed by atoms with van der Waals surface area (Å²) in [5, 5.41) is 4.79. The molecule has 40 heavy (non-hydrogen) atoms. The maximum absolute atomic E-state index is 13.5. The maximum Gasteiger partial charge on any atom is 0.241 e. The number of benzene rings is 1. The number of carbonyl (C=O) groups is 2. The second-order valence-electron chi connectivity index (χ2n) is 12.8. The zero-order chi connectivity index (χ0) is 28.0. The Bertz CT molecular complexity index is 1530. The summed E-state index contributed by atoms with van der Waals surface area (Å²) in [5.74, 6) is 0.784. The molecule has 7 rings (SSSR count). The van der Waals surface area contributed by atoms with Gasteiger partial charge in [-0.15, -0.1) is 0 Å². The van der Waals surface area contributed by atoms with Gasteiger partial charge in [0.2, 0.25) is 17.7 Å². The number of amides is 2. The number of hydrogen-bond acceptors (Lipinski definition) is 7. The standard InChI is InChI=1S/C30H36N6O4/c1-17(19-11-25(37)31-13-19)39-27-26-23(32-16-36(26)20-7-8-20)12-22(33-27)18-6-9-21-24(10-18)34(5)28(38)30(21)14-35(15-30)40-29(2,3)4/h6,9-10,12,16-17,19-20H,7-8,11,13-15H2,1-5H3,(H,31,37)/t17-,19-/m1/s1. The van der Waals surface area contributed by atoms with Crippen molar-refractivity contribution in [3.8, 4) is 17.1 Å². The van der Waals surface area contributed by atoms with Crippen molar-refractivity contribution in [3.05, 3.63) is 36.2 Å². The summed E-state index contributed by atoms with van der Waals surface area (Å²) in [4.78, 5) is 42.8. The lowest BCUT2D eigenvalue weighted by molar-refractivity contribution is -0.277. The molecule has 0 unspecified atom stereocenters. The van der Waals surface area contributed by atoms with E-state index < -0.39 is 5.41 Å². The number of nitrogens with zero attached hydrogens (tertiary/aromatic N) is 5. The van der Waals surface area contributed by atoms with Crippen LogP contribution in [0.4, 0.5) is 5.69 Å². The van der Waals surface area contributed by atoms with Gasteiger partial charge >= 0.3 is 0 Å². The normalized spacial score (nSPS) is 23.0. The molecule has 1 spiro atoms. The Labute approximate surface area is 233 Å². The highest BCUT2D eigenvalue weighted by Gasteiger charge is 2.58. The van der Waals surface area contributed by atoms with Gasteiger partial charge in [-0.3, -0.25) is 14.4 Å². The lowest BCUT2D eigenvalue weighted by atomic mass is 9.75. The molecule has 1 aliphatic carbocycles. The van der Waals surface area contributed by atoms with Crippen molar-refractivity contribution in [2.75, 3.05) is 31.6 Å². The van der Waals surface area contributed by atoms with E-state index in [4.69, 9.17) is 19.5 Å². The molecule has 1 N–H and O–H groups in total. The van der Waals surface area contributed by atoms with Gasteiger partial charge in [-0.2, -0.15) is 5.06 Å². The Kier molecular flexibility index (Phi) is 5.57. The van der Waals surface area contributed by atoms with Crippen LogP contribution in [0, 0.1) is 5.92 Å². The van der Waals surface area contributed by atoms with Crippen molar-refractivity contribution in [1.82, 2.24) is 24.9 Å². The molecule has 0 radical (unpaired) electrons. The average molecular weight is 545 g/mol. The lowest BCUT2D eigenvalue weighted by Crippen LogP contribution is -2.64. The van der Waals surface area contributed by atoms with Crippen molar-refractivity contribution in [3.63, 3.8) is 0 Å². The highest BCUT2D eigenvalue weighted by Crippen LogP contribution is 2.49. The molecule has 3 fully saturated rings. The molecular formula is C30H36N6O4. The zero-order valence-corrected chi connectivity index (χ0v) is 23.7. The monoisotopic (exact) mass is 544 g/mol. The molecule has 1 saturated carbocycles. The van der Waals surface area contributed by atoms with E-state index in [1.807, 2.05) is 64.3 Å². The van der Waals surface area contributed by atoms with Gasteiger partial charge in [0.1, 0.15) is 17.0 Å². The average Bonchev–Trinajstić information content (AvgIpc) is 3.41. The van der Waals surface area contributed by atoms with Crippen LogP contribution in [0.2, 0.25) is 0 Å². The molecular weight excluding hydrogens is 508 g/mol. The fourth-order valence-corrected chi connectivity index (χ4v) is 6.35. The molecule has 210 valence electrons. The van der Waals surface area contributed by atoms with Crippen LogP contribution in [0.3, 0.4) is 0 Å². The predicted octanol–water partition coefficient (Wildman–Crippen LogP) is 3.60. The third-order valence-corrected chi connectivity index (χ3v) is 8.61. The minimum absolute atomic E-state index is 0.0597. The number of imidazole rings is 1.